The maximum Gasteiger partial charge on any atom is 0.303 e. The largest absolute Gasteiger partial charge is 0.463 e. The number of hydrogen-bond donors (Lipinski definition) is 0. The SMILES string of the molecule is CC(=O)OC[C@H]1O[C@@H](OC[C@H]2O[C@H](OC[C@H](COCC[C@@H](C)CCC[C@@H](C)CCC[C@H](C)CCCC(C)C)OCC[C@@H](C)CCC[C@@H](C)CCC[C@H](C)CCCC(C)C)[C@H](OC(C)=O)[C@@H](OC(C)=O)[C@@H]2OC(C)=O)[C@H](OC(C)=O)[C@@H](OC(C)=O)[C@H]1OC(C)=O. The van der Waals surface area contributed by atoms with Crippen LogP contribution in [-0.4, -0.2) is 149 Å². The third-order valence-electron chi connectivity index (χ3n) is 16.9. The van der Waals surface area contributed by atoms with Crippen LogP contribution in [0.15, 0.2) is 0 Å². The van der Waals surface area contributed by atoms with Gasteiger partial charge < -0.3 is 61.6 Å². The van der Waals surface area contributed by atoms with Crippen molar-refractivity contribution in [2.24, 2.45) is 47.3 Å². The molecule has 0 unspecified atom stereocenters. The van der Waals surface area contributed by atoms with Crippen molar-refractivity contribution in [1.29, 1.82) is 0 Å². The van der Waals surface area contributed by atoms with Crippen molar-refractivity contribution in [1.82, 2.24) is 0 Å². The average molecular weight is 1270 g/mol. The number of esters is 7. The smallest absolute Gasteiger partial charge is 0.303 e. The standard InChI is InChI=1S/C69H122O20/c1-44(2)24-18-26-46(5)28-20-30-48(7)32-22-34-50(9)36-38-77-40-59(78-39-37-51(10)35-23-33-49(8)31-21-29-47(6)27-19-25-45(3)4)41-80-68-66(86-57(16)75)65(85-56(15)74)63(83-54(13)72)61(89-68)43-81-69-67(87-58(17)76)64(84-55(14)73)62(82-53(12)71)60(88-69)42-79-52(11)70/h44-51,59-69H,18-43H2,1-17H3/t46-,47-,48+,49+,50+,51+,59+,60-,61-,62+,63-,64+,65+,66-,67-,68+,69-/m1/s1. The molecule has 518 valence electrons. The topological polar surface area (TPSA) is 239 Å². The molecule has 0 spiro atoms. The van der Waals surface area contributed by atoms with Crippen molar-refractivity contribution in [3.8, 4) is 0 Å². The Bertz CT molecular complexity index is 2000. The molecule has 0 bridgehead atoms. The van der Waals surface area contributed by atoms with Gasteiger partial charge in [0.15, 0.2) is 49.2 Å². The van der Waals surface area contributed by atoms with Gasteiger partial charge in [0.1, 0.15) is 24.9 Å². The summed E-state index contributed by atoms with van der Waals surface area (Å²) < 4.78 is 77.6. The Morgan fingerprint density at radius 1 is 0.326 bits per heavy atom. The number of carbonyl (C=O) groups is 7. The minimum Gasteiger partial charge on any atom is -0.463 e. The first-order valence-electron chi connectivity index (χ1n) is 33.9. The first-order chi connectivity index (χ1) is 42.0. The Labute approximate surface area is 535 Å². The van der Waals surface area contributed by atoms with Crippen LogP contribution in [0.3, 0.4) is 0 Å². The van der Waals surface area contributed by atoms with Crippen LogP contribution in [0.25, 0.3) is 0 Å². The monoisotopic (exact) mass is 1270 g/mol. The van der Waals surface area contributed by atoms with E-state index in [9.17, 15) is 33.6 Å². The molecule has 0 N–H and O–H groups in total. The van der Waals surface area contributed by atoms with Gasteiger partial charge in [-0.3, -0.25) is 33.6 Å². The molecular formula is C69H122O20. The average Bonchev–Trinajstić information content (AvgIpc) is 1.06. The zero-order valence-electron chi connectivity index (χ0n) is 58.0. The zero-order chi connectivity index (χ0) is 66.6. The van der Waals surface area contributed by atoms with E-state index in [-0.39, 0.29) is 13.2 Å². The fraction of sp³-hybridized carbons (Fsp3) is 0.899. The van der Waals surface area contributed by atoms with Crippen molar-refractivity contribution in [2.45, 2.75) is 314 Å². The molecule has 0 amide bonds. The van der Waals surface area contributed by atoms with Gasteiger partial charge in [0.05, 0.1) is 19.8 Å². The fourth-order valence-electron chi connectivity index (χ4n) is 11.8. The Morgan fingerprint density at radius 2 is 0.629 bits per heavy atom. The molecule has 2 rings (SSSR count). The Balaban J connectivity index is 2.37. The molecule has 2 fully saturated rings. The van der Waals surface area contributed by atoms with E-state index in [1.54, 1.807) is 0 Å². The minimum absolute atomic E-state index is 0.146. The van der Waals surface area contributed by atoms with E-state index in [0.717, 1.165) is 111 Å². The summed E-state index contributed by atoms with van der Waals surface area (Å²) in [5, 5.41) is 0. The van der Waals surface area contributed by atoms with Gasteiger partial charge in [0.2, 0.25) is 0 Å². The van der Waals surface area contributed by atoms with E-state index < -0.39 is 123 Å². The molecule has 0 saturated carbocycles. The molecule has 2 aliphatic heterocycles. The zero-order valence-corrected chi connectivity index (χ0v) is 58.0. The summed E-state index contributed by atoms with van der Waals surface area (Å²) in [6.07, 6.45) is 8.19. The lowest BCUT2D eigenvalue weighted by molar-refractivity contribution is -0.336. The fourth-order valence-corrected chi connectivity index (χ4v) is 11.8. The highest BCUT2D eigenvalue weighted by atomic mass is 16.8. The van der Waals surface area contributed by atoms with Crippen LogP contribution in [0.1, 0.15) is 246 Å². The molecule has 2 aliphatic rings. The van der Waals surface area contributed by atoms with E-state index in [1.807, 2.05) is 0 Å². The van der Waals surface area contributed by atoms with Crippen molar-refractivity contribution in [3.63, 3.8) is 0 Å². The Kier molecular flexibility index (Phi) is 41.4. The predicted molar refractivity (Wildman–Crippen MR) is 337 cm³/mol. The van der Waals surface area contributed by atoms with Crippen molar-refractivity contribution in [2.75, 3.05) is 39.6 Å². The van der Waals surface area contributed by atoms with Gasteiger partial charge in [-0.05, 0) is 60.2 Å². The molecular weight excluding hydrogens is 1150 g/mol. The molecule has 2 heterocycles. The van der Waals surface area contributed by atoms with Crippen LogP contribution >= 0.6 is 0 Å². The molecule has 20 heteroatoms. The van der Waals surface area contributed by atoms with Crippen LogP contribution in [0.2, 0.25) is 0 Å². The molecule has 0 aromatic carbocycles. The molecule has 0 aliphatic carbocycles. The van der Waals surface area contributed by atoms with Gasteiger partial charge in [-0.25, -0.2) is 0 Å². The Morgan fingerprint density at radius 3 is 0.978 bits per heavy atom. The van der Waals surface area contributed by atoms with E-state index in [0.29, 0.717) is 36.9 Å². The van der Waals surface area contributed by atoms with Gasteiger partial charge in [-0.15, -0.1) is 0 Å². The van der Waals surface area contributed by atoms with E-state index >= 15 is 0 Å². The summed E-state index contributed by atoms with van der Waals surface area (Å²) >= 11 is 0. The summed E-state index contributed by atoms with van der Waals surface area (Å²) in [7, 11) is 0. The van der Waals surface area contributed by atoms with Crippen molar-refractivity contribution in [3.05, 3.63) is 0 Å². The summed E-state index contributed by atoms with van der Waals surface area (Å²) in [4.78, 5) is 88.3. The van der Waals surface area contributed by atoms with Gasteiger partial charge in [-0.1, -0.05) is 185 Å². The van der Waals surface area contributed by atoms with Gasteiger partial charge in [-0.2, -0.15) is 0 Å². The van der Waals surface area contributed by atoms with Crippen LogP contribution in [0.5, 0.6) is 0 Å². The molecule has 20 nitrogen and oxygen atoms in total. The minimum atomic E-state index is -1.67. The summed E-state index contributed by atoms with van der Waals surface area (Å²) in [5.74, 6) is -0.443. The van der Waals surface area contributed by atoms with Crippen LogP contribution < -0.4 is 0 Å². The highest BCUT2D eigenvalue weighted by Gasteiger charge is 2.56. The number of rotatable bonds is 47. The van der Waals surface area contributed by atoms with Gasteiger partial charge in [0.25, 0.3) is 0 Å². The van der Waals surface area contributed by atoms with Crippen molar-refractivity contribution >= 4 is 41.8 Å². The maximum atomic E-state index is 12.9. The third-order valence-corrected chi connectivity index (χ3v) is 16.9. The number of carbonyl (C=O) groups excluding carboxylic acids is 7. The molecule has 0 aromatic heterocycles. The van der Waals surface area contributed by atoms with E-state index in [4.69, 9.17) is 61.6 Å². The summed E-state index contributed by atoms with van der Waals surface area (Å²) in [5.41, 5.74) is 0. The number of hydrogen-bond acceptors (Lipinski definition) is 20. The Hall–Kier alpha value is -3.95. The lowest BCUT2D eigenvalue weighted by atomic mass is 9.91. The highest BCUT2D eigenvalue weighted by Crippen LogP contribution is 2.34. The maximum absolute atomic E-state index is 12.9. The third kappa shape index (κ3) is 36.8. The van der Waals surface area contributed by atoms with E-state index in [2.05, 4.69) is 69.2 Å². The van der Waals surface area contributed by atoms with Gasteiger partial charge in [0, 0.05) is 61.7 Å². The molecule has 17 atom stereocenters. The highest BCUT2D eigenvalue weighted by molar-refractivity contribution is 5.69. The molecule has 2 saturated heterocycles. The lowest BCUT2D eigenvalue weighted by Crippen LogP contribution is -2.65. The second kappa shape index (κ2) is 45.4. The lowest BCUT2D eigenvalue weighted by Gasteiger charge is -2.46. The van der Waals surface area contributed by atoms with Crippen LogP contribution in [0.4, 0.5) is 0 Å². The quantitative estimate of drug-likeness (QED) is 0.0312. The molecule has 89 heavy (non-hydrogen) atoms. The number of ether oxygens (including phenoxy) is 13. The van der Waals surface area contributed by atoms with E-state index in [1.165, 1.54) is 89.9 Å². The molecule has 0 aromatic rings. The normalized spacial score (nSPS) is 24.3. The van der Waals surface area contributed by atoms with Crippen molar-refractivity contribution < 1.29 is 95.1 Å². The predicted octanol–water partition coefficient (Wildman–Crippen LogP) is 13.0. The van der Waals surface area contributed by atoms with Crippen LogP contribution in [-0.2, 0) is 95.1 Å². The molecule has 0 radical (unpaired) electrons. The first-order valence-corrected chi connectivity index (χ1v) is 33.9. The first kappa shape index (κ1) is 81.1. The van der Waals surface area contributed by atoms with Gasteiger partial charge >= 0.3 is 41.8 Å². The summed E-state index contributed by atoms with van der Waals surface area (Å²) in [6, 6.07) is 0. The van der Waals surface area contributed by atoms with Crippen LogP contribution in [0, 0.1) is 47.3 Å². The summed E-state index contributed by atoms with van der Waals surface area (Å²) in [6.45, 7) is 30.8. The second-order valence-electron chi connectivity index (χ2n) is 27.1. The second-order valence-corrected chi connectivity index (χ2v) is 27.1.